The highest BCUT2D eigenvalue weighted by atomic mass is 32.1. The molecule has 2 nitrogen and oxygen atoms in total. The van der Waals surface area contributed by atoms with Crippen molar-refractivity contribution in [1.82, 2.24) is 0 Å². The first-order chi connectivity index (χ1) is 4.61. The molecule has 0 aliphatic carbocycles. The monoisotopic (exact) mass is 155 g/mol. The Bertz CT molecular complexity index is 243. The van der Waals surface area contributed by atoms with Crippen LogP contribution in [0, 0.1) is 13.8 Å². The van der Waals surface area contributed by atoms with E-state index in [1.807, 2.05) is 13.8 Å². The Labute approximate surface area is 63.1 Å². The minimum absolute atomic E-state index is 0.315. The smallest absolute Gasteiger partial charge is 0.0815 e. The van der Waals surface area contributed by atoms with E-state index >= 15 is 0 Å². The van der Waals surface area contributed by atoms with E-state index in [0.717, 1.165) is 10.4 Å². The summed E-state index contributed by atoms with van der Waals surface area (Å²) >= 11 is 1.26. The Kier molecular flexibility index (Phi) is 1.76. The van der Waals surface area contributed by atoms with Crippen molar-refractivity contribution in [2.45, 2.75) is 13.8 Å². The molecule has 0 aromatic carbocycles. The molecule has 0 radical (unpaired) electrons. The summed E-state index contributed by atoms with van der Waals surface area (Å²) in [6.07, 6.45) is 0. The lowest BCUT2D eigenvalue weighted by molar-refractivity contribution is -0.254. The molecule has 0 atom stereocenters. The number of aryl methyl sites for hydroxylation is 2. The van der Waals surface area contributed by atoms with Gasteiger partial charge in [-0.3, -0.25) is 0 Å². The number of aromatic carboxylic acids is 1. The highest BCUT2D eigenvalue weighted by molar-refractivity contribution is 7.14. The zero-order valence-corrected chi connectivity index (χ0v) is 6.62. The van der Waals surface area contributed by atoms with Gasteiger partial charge in [-0.2, -0.15) is 0 Å². The van der Waals surface area contributed by atoms with Gasteiger partial charge in [-0.15, -0.1) is 11.3 Å². The van der Waals surface area contributed by atoms with E-state index in [1.54, 1.807) is 6.07 Å². The van der Waals surface area contributed by atoms with E-state index in [-0.39, 0.29) is 0 Å². The first kappa shape index (κ1) is 7.28. The number of hydrogen-bond donors (Lipinski definition) is 0. The van der Waals surface area contributed by atoms with Gasteiger partial charge in [0.1, 0.15) is 0 Å². The van der Waals surface area contributed by atoms with Crippen molar-refractivity contribution in [3.05, 3.63) is 21.4 Å². The minimum atomic E-state index is -1.08. The normalized spacial score (nSPS) is 9.80. The number of rotatable bonds is 1. The van der Waals surface area contributed by atoms with Gasteiger partial charge in [0, 0.05) is 4.88 Å². The fraction of sp³-hybridized carbons (Fsp3) is 0.286. The molecule has 0 saturated heterocycles. The average Bonchev–Trinajstić information content (AvgIpc) is 2.13. The van der Waals surface area contributed by atoms with Gasteiger partial charge >= 0.3 is 0 Å². The van der Waals surface area contributed by atoms with Crippen LogP contribution in [0.2, 0.25) is 0 Å². The van der Waals surface area contributed by atoms with Gasteiger partial charge in [0.05, 0.1) is 10.8 Å². The van der Waals surface area contributed by atoms with Crippen molar-refractivity contribution in [1.29, 1.82) is 0 Å². The van der Waals surface area contributed by atoms with Crippen LogP contribution in [-0.4, -0.2) is 5.97 Å². The van der Waals surface area contributed by atoms with Crippen LogP contribution in [0.5, 0.6) is 0 Å². The number of carboxylic acids is 1. The van der Waals surface area contributed by atoms with E-state index in [0.29, 0.717) is 4.88 Å². The molecular weight excluding hydrogens is 148 g/mol. The highest BCUT2D eigenvalue weighted by Gasteiger charge is 2.00. The first-order valence-electron chi connectivity index (χ1n) is 2.89. The molecule has 0 aliphatic heterocycles. The molecule has 1 aromatic heterocycles. The lowest BCUT2D eigenvalue weighted by Gasteiger charge is -1.92. The third-order valence-corrected chi connectivity index (χ3v) is 2.50. The molecular formula is C7H7O2S-. The lowest BCUT2D eigenvalue weighted by atomic mass is 10.3. The second-order valence-corrected chi connectivity index (χ2v) is 3.39. The summed E-state index contributed by atoms with van der Waals surface area (Å²) in [5.74, 6) is -1.08. The van der Waals surface area contributed by atoms with Gasteiger partial charge in [-0.25, -0.2) is 0 Å². The van der Waals surface area contributed by atoms with Gasteiger partial charge < -0.3 is 9.90 Å². The number of carbonyl (C=O) groups excluding carboxylic acids is 1. The summed E-state index contributed by atoms with van der Waals surface area (Å²) in [4.78, 5) is 11.6. The third kappa shape index (κ3) is 1.19. The Hall–Kier alpha value is -0.830. The Morgan fingerprint density at radius 2 is 2.20 bits per heavy atom. The van der Waals surface area contributed by atoms with Crippen molar-refractivity contribution < 1.29 is 9.90 Å². The van der Waals surface area contributed by atoms with Crippen LogP contribution in [0.3, 0.4) is 0 Å². The Morgan fingerprint density at radius 3 is 2.40 bits per heavy atom. The first-order valence-corrected chi connectivity index (χ1v) is 3.71. The summed E-state index contributed by atoms with van der Waals surface area (Å²) < 4.78 is 0. The molecule has 3 heteroatoms. The van der Waals surface area contributed by atoms with Crippen LogP contribution < -0.4 is 5.11 Å². The van der Waals surface area contributed by atoms with E-state index in [2.05, 4.69) is 0 Å². The molecule has 0 amide bonds. The summed E-state index contributed by atoms with van der Waals surface area (Å²) in [6.45, 7) is 3.78. The molecule has 0 saturated carbocycles. The summed E-state index contributed by atoms with van der Waals surface area (Å²) in [7, 11) is 0. The third-order valence-electron chi connectivity index (χ3n) is 1.37. The summed E-state index contributed by atoms with van der Waals surface area (Å²) in [6, 6.07) is 1.63. The molecule has 10 heavy (non-hydrogen) atoms. The van der Waals surface area contributed by atoms with Gasteiger partial charge in [0.15, 0.2) is 0 Å². The van der Waals surface area contributed by atoms with Crippen molar-refractivity contribution in [2.24, 2.45) is 0 Å². The topological polar surface area (TPSA) is 40.1 Å². The maximum Gasteiger partial charge on any atom is 0.0815 e. The van der Waals surface area contributed by atoms with Crippen LogP contribution in [0.4, 0.5) is 0 Å². The fourth-order valence-corrected chi connectivity index (χ4v) is 1.54. The van der Waals surface area contributed by atoms with Crippen LogP contribution >= 0.6 is 11.3 Å². The predicted octanol–water partition coefficient (Wildman–Crippen LogP) is 0.728. The maximum absolute atomic E-state index is 10.3. The predicted molar refractivity (Wildman–Crippen MR) is 38.1 cm³/mol. The summed E-state index contributed by atoms with van der Waals surface area (Å²) in [5, 5.41) is 10.3. The second kappa shape index (κ2) is 2.42. The molecule has 0 spiro atoms. The molecule has 0 unspecified atom stereocenters. The molecule has 0 N–H and O–H groups in total. The van der Waals surface area contributed by atoms with Crippen LogP contribution in [0.25, 0.3) is 0 Å². The van der Waals surface area contributed by atoms with Gasteiger partial charge in [0.2, 0.25) is 0 Å². The van der Waals surface area contributed by atoms with Gasteiger partial charge in [-0.05, 0) is 25.5 Å². The number of carbonyl (C=O) groups is 1. The van der Waals surface area contributed by atoms with Crippen molar-refractivity contribution in [2.75, 3.05) is 0 Å². The van der Waals surface area contributed by atoms with Crippen molar-refractivity contribution in [3.8, 4) is 0 Å². The maximum atomic E-state index is 10.3. The zero-order valence-electron chi connectivity index (χ0n) is 5.80. The SMILES string of the molecule is Cc1cc(C(=O)[O-])sc1C. The van der Waals surface area contributed by atoms with E-state index in [1.165, 1.54) is 11.3 Å². The Morgan fingerprint density at radius 1 is 1.60 bits per heavy atom. The largest absolute Gasteiger partial charge is 0.544 e. The van der Waals surface area contributed by atoms with Crippen LogP contribution in [-0.2, 0) is 0 Å². The lowest BCUT2D eigenvalue weighted by Crippen LogP contribution is -2.20. The van der Waals surface area contributed by atoms with E-state index in [4.69, 9.17) is 0 Å². The molecule has 0 aliphatic rings. The standard InChI is InChI=1S/C7H8O2S/c1-4-3-6(7(8)9)10-5(4)2/h3H,1-2H3,(H,8,9)/p-1. The number of hydrogen-bond acceptors (Lipinski definition) is 3. The fourth-order valence-electron chi connectivity index (χ4n) is 0.674. The number of carboxylic acid groups (broad SMARTS) is 1. The number of thiophene rings is 1. The van der Waals surface area contributed by atoms with Crippen LogP contribution in [0.1, 0.15) is 20.1 Å². The minimum Gasteiger partial charge on any atom is -0.544 e. The van der Waals surface area contributed by atoms with E-state index < -0.39 is 5.97 Å². The van der Waals surface area contributed by atoms with Gasteiger partial charge in [0.25, 0.3) is 0 Å². The molecule has 0 bridgehead atoms. The molecule has 1 heterocycles. The molecule has 1 rings (SSSR count). The van der Waals surface area contributed by atoms with Crippen molar-refractivity contribution >= 4 is 17.3 Å². The van der Waals surface area contributed by atoms with Crippen LogP contribution in [0.15, 0.2) is 6.07 Å². The quantitative estimate of drug-likeness (QED) is 0.599. The Balaban J connectivity index is 3.10. The average molecular weight is 155 g/mol. The second-order valence-electron chi connectivity index (χ2n) is 2.14. The zero-order chi connectivity index (χ0) is 7.72. The molecule has 0 fully saturated rings. The molecule has 1 aromatic rings. The van der Waals surface area contributed by atoms with E-state index in [9.17, 15) is 9.90 Å². The molecule has 54 valence electrons. The highest BCUT2D eigenvalue weighted by Crippen LogP contribution is 2.19. The summed E-state index contributed by atoms with van der Waals surface area (Å²) in [5.41, 5.74) is 1.02. The van der Waals surface area contributed by atoms with Crippen molar-refractivity contribution in [3.63, 3.8) is 0 Å². The van der Waals surface area contributed by atoms with Gasteiger partial charge in [-0.1, -0.05) is 0 Å².